The van der Waals surface area contributed by atoms with Crippen molar-refractivity contribution in [3.8, 4) is 0 Å². The number of aromatic carboxylic acids is 1. The van der Waals surface area contributed by atoms with Gasteiger partial charge in [-0.25, -0.2) is 14.6 Å². The fourth-order valence-electron chi connectivity index (χ4n) is 2.81. The van der Waals surface area contributed by atoms with Gasteiger partial charge in [-0.05, 0) is 19.4 Å². The molecule has 0 aromatic carbocycles. The maximum Gasteiger partial charge on any atom is 0.409 e. The smallest absolute Gasteiger partial charge is 0.409 e. The summed E-state index contributed by atoms with van der Waals surface area (Å²) in [4.78, 5) is 43.0. The first-order chi connectivity index (χ1) is 13.0. The van der Waals surface area contributed by atoms with Gasteiger partial charge >= 0.3 is 12.1 Å². The molecule has 0 unspecified atom stereocenters. The predicted molar refractivity (Wildman–Crippen MR) is 100 cm³/mol. The van der Waals surface area contributed by atoms with Gasteiger partial charge in [0.25, 0.3) is 0 Å². The van der Waals surface area contributed by atoms with Gasteiger partial charge in [0.1, 0.15) is 11.4 Å². The molecule has 1 aromatic rings. The Morgan fingerprint density at radius 2 is 1.93 bits per heavy atom. The number of pyridine rings is 1. The molecule has 2 heterocycles. The Balaban J connectivity index is 2.08. The van der Waals surface area contributed by atoms with Gasteiger partial charge in [0.2, 0.25) is 5.91 Å². The van der Waals surface area contributed by atoms with Crippen LogP contribution in [0.25, 0.3) is 0 Å². The van der Waals surface area contributed by atoms with E-state index >= 15 is 0 Å². The lowest BCUT2D eigenvalue weighted by molar-refractivity contribution is -0.116. The maximum atomic E-state index is 11.8. The Kier molecular flexibility index (Phi) is 7.39. The second-order valence-electron chi connectivity index (χ2n) is 6.23. The number of carbonyl (C=O) groups excluding carboxylic acids is 2. The lowest BCUT2D eigenvalue weighted by Crippen LogP contribution is -2.49. The first-order valence-electron chi connectivity index (χ1n) is 9.16. The molecule has 0 atom stereocenters. The number of anilines is 2. The van der Waals surface area contributed by atoms with Crippen molar-refractivity contribution in [2.45, 2.75) is 33.1 Å². The lowest BCUT2D eigenvalue weighted by Gasteiger charge is -2.35. The Labute approximate surface area is 158 Å². The summed E-state index contributed by atoms with van der Waals surface area (Å²) >= 11 is 0. The van der Waals surface area contributed by atoms with Crippen LogP contribution in [0, 0.1) is 0 Å². The Hall–Kier alpha value is -2.84. The number of unbranched alkanes of at least 4 members (excludes halogenated alkanes) is 1. The Morgan fingerprint density at radius 1 is 1.22 bits per heavy atom. The standard InChI is InChI=1S/C18H26N4O5/c1-3-5-6-15(23)20-13-11-14(17(24)25)16(19-12-13)21-7-9-22(10-8-21)18(26)27-4-2/h11-12H,3-10H2,1-2H3,(H,20,23)(H,24,25). The van der Waals surface area contributed by atoms with Crippen molar-refractivity contribution < 1.29 is 24.2 Å². The third-order valence-corrected chi connectivity index (χ3v) is 4.24. The van der Waals surface area contributed by atoms with Crippen molar-refractivity contribution in [1.29, 1.82) is 0 Å². The van der Waals surface area contributed by atoms with Crippen LogP contribution in [-0.2, 0) is 9.53 Å². The minimum atomic E-state index is -1.12. The average Bonchev–Trinajstić information content (AvgIpc) is 2.66. The molecule has 1 aliphatic rings. The Bertz CT molecular complexity index is 686. The number of ether oxygens (including phenoxy) is 1. The van der Waals surface area contributed by atoms with Crippen LogP contribution in [0.2, 0.25) is 0 Å². The normalized spacial score (nSPS) is 14.0. The van der Waals surface area contributed by atoms with Gasteiger partial charge in [-0.3, -0.25) is 4.79 Å². The molecule has 0 saturated carbocycles. The highest BCUT2D eigenvalue weighted by atomic mass is 16.6. The van der Waals surface area contributed by atoms with Crippen LogP contribution in [0.3, 0.4) is 0 Å². The highest BCUT2D eigenvalue weighted by Crippen LogP contribution is 2.23. The van der Waals surface area contributed by atoms with Crippen LogP contribution in [0.4, 0.5) is 16.3 Å². The fourth-order valence-corrected chi connectivity index (χ4v) is 2.81. The van der Waals surface area contributed by atoms with E-state index in [0.29, 0.717) is 50.7 Å². The van der Waals surface area contributed by atoms with E-state index in [4.69, 9.17) is 4.74 Å². The van der Waals surface area contributed by atoms with E-state index in [1.54, 1.807) is 11.8 Å². The van der Waals surface area contributed by atoms with Crippen molar-refractivity contribution in [1.82, 2.24) is 9.88 Å². The molecular formula is C18H26N4O5. The summed E-state index contributed by atoms with van der Waals surface area (Å²) in [6, 6.07) is 1.42. The molecule has 2 N–H and O–H groups in total. The molecule has 27 heavy (non-hydrogen) atoms. The zero-order valence-electron chi connectivity index (χ0n) is 15.7. The Morgan fingerprint density at radius 3 is 2.52 bits per heavy atom. The number of hydrogen-bond acceptors (Lipinski definition) is 6. The van der Waals surface area contributed by atoms with Crippen molar-refractivity contribution in [2.24, 2.45) is 0 Å². The molecule has 0 radical (unpaired) electrons. The van der Waals surface area contributed by atoms with Crippen molar-refractivity contribution in [3.63, 3.8) is 0 Å². The molecule has 0 bridgehead atoms. The first kappa shape index (κ1) is 20.5. The molecule has 2 amide bonds. The van der Waals surface area contributed by atoms with Gasteiger partial charge in [0.15, 0.2) is 0 Å². The third kappa shape index (κ3) is 5.57. The second-order valence-corrected chi connectivity index (χ2v) is 6.23. The summed E-state index contributed by atoms with van der Waals surface area (Å²) in [7, 11) is 0. The number of carbonyl (C=O) groups is 3. The summed E-state index contributed by atoms with van der Waals surface area (Å²) in [6.45, 7) is 5.82. The van der Waals surface area contributed by atoms with Crippen LogP contribution < -0.4 is 10.2 Å². The van der Waals surface area contributed by atoms with E-state index in [1.165, 1.54) is 12.3 Å². The summed E-state index contributed by atoms with van der Waals surface area (Å²) < 4.78 is 4.98. The molecule has 1 aliphatic heterocycles. The minimum absolute atomic E-state index is 0.0212. The van der Waals surface area contributed by atoms with Crippen molar-refractivity contribution in [2.75, 3.05) is 43.0 Å². The number of nitrogens with zero attached hydrogens (tertiary/aromatic N) is 3. The van der Waals surface area contributed by atoms with Gasteiger partial charge < -0.3 is 25.0 Å². The minimum Gasteiger partial charge on any atom is -0.478 e. The second kappa shape index (κ2) is 9.75. The molecule has 9 nitrogen and oxygen atoms in total. The number of aromatic nitrogens is 1. The number of hydrogen-bond donors (Lipinski definition) is 2. The molecular weight excluding hydrogens is 352 g/mol. The monoisotopic (exact) mass is 378 g/mol. The number of amides is 2. The van der Waals surface area contributed by atoms with Gasteiger partial charge in [0.05, 0.1) is 18.5 Å². The molecule has 0 spiro atoms. The van der Waals surface area contributed by atoms with Crippen LogP contribution >= 0.6 is 0 Å². The molecule has 9 heteroatoms. The molecule has 2 rings (SSSR count). The molecule has 0 aliphatic carbocycles. The van der Waals surface area contributed by atoms with Crippen LogP contribution in [0.5, 0.6) is 0 Å². The third-order valence-electron chi connectivity index (χ3n) is 4.24. The van der Waals surface area contributed by atoms with Gasteiger partial charge in [-0.1, -0.05) is 13.3 Å². The van der Waals surface area contributed by atoms with Crippen molar-refractivity contribution in [3.05, 3.63) is 17.8 Å². The summed E-state index contributed by atoms with van der Waals surface area (Å²) in [5.74, 6) is -0.946. The topological polar surface area (TPSA) is 112 Å². The van der Waals surface area contributed by atoms with Gasteiger partial charge in [-0.15, -0.1) is 0 Å². The molecule has 1 saturated heterocycles. The highest BCUT2D eigenvalue weighted by Gasteiger charge is 2.26. The van der Waals surface area contributed by atoms with Crippen molar-refractivity contribution >= 4 is 29.5 Å². The molecule has 148 valence electrons. The van der Waals surface area contributed by atoms with Crippen LogP contribution in [0.15, 0.2) is 12.3 Å². The fraction of sp³-hybridized carbons (Fsp3) is 0.556. The van der Waals surface area contributed by atoms with E-state index < -0.39 is 5.97 Å². The summed E-state index contributed by atoms with van der Waals surface area (Å²) in [5, 5.41) is 12.2. The molecule has 1 aromatic heterocycles. The highest BCUT2D eigenvalue weighted by molar-refractivity contribution is 5.97. The van der Waals surface area contributed by atoms with E-state index in [9.17, 15) is 19.5 Å². The number of carboxylic acid groups (broad SMARTS) is 1. The van der Waals surface area contributed by atoms with Gasteiger partial charge in [-0.2, -0.15) is 0 Å². The predicted octanol–water partition coefficient (Wildman–Crippen LogP) is 2.19. The van der Waals surface area contributed by atoms with Crippen LogP contribution in [0.1, 0.15) is 43.5 Å². The van der Waals surface area contributed by atoms with E-state index in [1.807, 2.05) is 11.8 Å². The quantitative estimate of drug-likeness (QED) is 0.748. The zero-order valence-corrected chi connectivity index (χ0v) is 15.7. The van der Waals surface area contributed by atoms with Gasteiger partial charge in [0, 0.05) is 32.6 Å². The summed E-state index contributed by atoms with van der Waals surface area (Å²) in [5.41, 5.74) is 0.385. The number of nitrogens with one attached hydrogen (secondary N) is 1. The van der Waals surface area contributed by atoms with Crippen LogP contribution in [-0.4, -0.2) is 65.7 Å². The maximum absolute atomic E-state index is 11.8. The number of piperazine rings is 1. The number of rotatable bonds is 7. The van der Waals surface area contributed by atoms with E-state index in [2.05, 4.69) is 10.3 Å². The average molecular weight is 378 g/mol. The van der Waals surface area contributed by atoms with E-state index in [-0.39, 0.29) is 17.6 Å². The molecule has 1 fully saturated rings. The lowest BCUT2D eigenvalue weighted by atomic mass is 10.2. The number of carboxylic acids is 1. The van der Waals surface area contributed by atoms with E-state index in [0.717, 1.165) is 12.8 Å². The SMILES string of the molecule is CCCCC(=O)Nc1cnc(N2CCN(C(=O)OCC)CC2)c(C(=O)O)c1. The zero-order chi connectivity index (χ0) is 19.8. The largest absolute Gasteiger partial charge is 0.478 e. The summed E-state index contributed by atoms with van der Waals surface area (Å²) in [6.07, 6.45) is 3.16. The first-order valence-corrected chi connectivity index (χ1v) is 9.16.